The molecule has 0 bridgehead atoms. The topological polar surface area (TPSA) is 72.0 Å². The second-order valence-corrected chi connectivity index (χ2v) is 7.54. The molecule has 1 aromatic carbocycles. The minimum Gasteiger partial charge on any atom is -0.493 e. The number of H-pyrrole nitrogens is 1. The SMILES string of the molecule is O=C(/C=c1\[nH]c(=O)/c(=C/c2ccc3c(c2)CCCO3)s1)c1cccnc1Cl. The van der Waals surface area contributed by atoms with E-state index in [2.05, 4.69) is 9.97 Å². The van der Waals surface area contributed by atoms with Crippen molar-refractivity contribution in [3.8, 4) is 5.75 Å². The van der Waals surface area contributed by atoms with Crippen LogP contribution in [0.1, 0.15) is 27.9 Å². The number of ketones is 1. The molecule has 5 nitrogen and oxygen atoms in total. The van der Waals surface area contributed by atoms with Gasteiger partial charge in [0.2, 0.25) is 0 Å². The van der Waals surface area contributed by atoms with Crippen molar-refractivity contribution in [2.75, 3.05) is 6.61 Å². The predicted octanol–water partition coefficient (Wildman–Crippen LogP) is 2.30. The summed E-state index contributed by atoms with van der Waals surface area (Å²) in [4.78, 5) is 31.2. The van der Waals surface area contributed by atoms with Crippen molar-refractivity contribution in [3.63, 3.8) is 0 Å². The molecule has 1 aliphatic heterocycles. The first-order valence-corrected chi connectivity index (χ1v) is 9.63. The minimum absolute atomic E-state index is 0.140. The fraction of sp³-hybridized carbons (Fsp3) is 0.150. The quantitative estimate of drug-likeness (QED) is 0.543. The maximum Gasteiger partial charge on any atom is 0.266 e. The molecule has 3 aromatic rings. The van der Waals surface area contributed by atoms with Gasteiger partial charge in [-0.15, -0.1) is 11.3 Å². The number of nitrogens with zero attached hydrogens (tertiary/aromatic N) is 1. The van der Waals surface area contributed by atoms with Crippen molar-refractivity contribution < 1.29 is 9.53 Å². The van der Waals surface area contributed by atoms with E-state index in [1.54, 1.807) is 12.1 Å². The number of fused-ring (bicyclic) bond motifs is 1. The van der Waals surface area contributed by atoms with Crippen molar-refractivity contribution in [3.05, 3.63) is 77.9 Å². The molecule has 1 N–H and O–H groups in total. The lowest BCUT2D eigenvalue weighted by Gasteiger charge is -2.17. The molecule has 3 heterocycles. The number of nitrogens with one attached hydrogen (secondary N) is 1. The Kier molecular flexibility index (Phi) is 4.92. The van der Waals surface area contributed by atoms with Gasteiger partial charge in [-0.2, -0.15) is 0 Å². The van der Waals surface area contributed by atoms with Gasteiger partial charge in [-0.1, -0.05) is 17.7 Å². The Morgan fingerprint density at radius 2 is 2.22 bits per heavy atom. The molecule has 1 aliphatic rings. The lowest BCUT2D eigenvalue weighted by Crippen LogP contribution is -2.20. The highest BCUT2D eigenvalue weighted by Gasteiger charge is 2.10. The third kappa shape index (κ3) is 3.86. The third-order valence-electron chi connectivity index (χ3n) is 4.20. The summed E-state index contributed by atoms with van der Waals surface area (Å²) in [5.41, 5.74) is 2.15. The van der Waals surface area contributed by atoms with Gasteiger partial charge in [-0.25, -0.2) is 4.98 Å². The molecule has 2 aromatic heterocycles. The van der Waals surface area contributed by atoms with Crippen LogP contribution in [0, 0.1) is 0 Å². The first-order chi connectivity index (χ1) is 13.1. The van der Waals surface area contributed by atoms with Gasteiger partial charge in [0.05, 0.1) is 21.4 Å². The standard InChI is InChI=1S/C20H15ClN2O3S/c21-19-14(4-1-7-22-19)15(24)11-18-23-20(25)17(27-18)10-12-5-6-16-13(9-12)3-2-8-26-16/h1,4-7,9-11H,2-3,8H2,(H,23,25)/b17-10-,18-11+. The highest BCUT2D eigenvalue weighted by Crippen LogP contribution is 2.25. The van der Waals surface area contributed by atoms with E-state index in [-0.39, 0.29) is 16.5 Å². The van der Waals surface area contributed by atoms with E-state index in [0.29, 0.717) is 14.8 Å². The summed E-state index contributed by atoms with van der Waals surface area (Å²) in [5, 5.41) is 0.140. The first kappa shape index (κ1) is 17.7. The van der Waals surface area contributed by atoms with Crippen LogP contribution in [0.5, 0.6) is 5.75 Å². The first-order valence-electron chi connectivity index (χ1n) is 8.43. The van der Waals surface area contributed by atoms with Gasteiger partial charge < -0.3 is 9.72 Å². The maximum atomic E-state index is 12.4. The van der Waals surface area contributed by atoms with Crippen molar-refractivity contribution in [2.45, 2.75) is 12.8 Å². The molecule has 136 valence electrons. The molecule has 0 radical (unpaired) electrons. The molecule has 0 saturated heterocycles. The predicted molar refractivity (Wildman–Crippen MR) is 106 cm³/mol. The molecular weight excluding hydrogens is 384 g/mol. The Bertz CT molecular complexity index is 1200. The fourth-order valence-corrected chi connectivity index (χ4v) is 4.01. The second-order valence-electron chi connectivity index (χ2n) is 6.10. The number of rotatable bonds is 3. The molecule has 0 fully saturated rings. The molecule has 0 spiro atoms. The normalized spacial score (nSPS) is 14.7. The molecule has 0 saturated carbocycles. The third-order valence-corrected chi connectivity index (χ3v) is 5.46. The number of aromatic nitrogens is 2. The number of pyridine rings is 1. The Morgan fingerprint density at radius 3 is 3.07 bits per heavy atom. The Labute approximate surface area is 163 Å². The van der Waals surface area contributed by atoms with E-state index in [1.807, 2.05) is 24.3 Å². The number of halogens is 1. The van der Waals surface area contributed by atoms with E-state index in [4.69, 9.17) is 16.3 Å². The van der Waals surface area contributed by atoms with E-state index >= 15 is 0 Å². The highest BCUT2D eigenvalue weighted by molar-refractivity contribution is 7.07. The van der Waals surface area contributed by atoms with Crippen LogP contribution in [0.4, 0.5) is 0 Å². The average Bonchev–Trinajstić information content (AvgIpc) is 3.00. The monoisotopic (exact) mass is 398 g/mol. The molecule has 4 rings (SSSR count). The van der Waals surface area contributed by atoms with E-state index in [1.165, 1.54) is 23.6 Å². The zero-order valence-corrected chi connectivity index (χ0v) is 15.8. The molecule has 0 amide bonds. The number of hydrogen-bond donors (Lipinski definition) is 1. The largest absolute Gasteiger partial charge is 0.493 e. The number of hydrogen-bond acceptors (Lipinski definition) is 5. The van der Waals surface area contributed by atoms with Crippen LogP contribution in [0.25, 0.3) is 12.2 Å². The molecule has 0 unspecified atom stereocenters. The number of carbonyl (C=O) groups excluding carboxylic acids is 1. The summed E-state index contributed by atoms with van der Waals surface area (Å²) >= 11 is 7.18. The van der Waals surface area contributed by atoms with Crippen molar-refractivity contribution >= 4 is 40.9 Å². The van der Waals surface area contributed by atoms with Gasteiger partial charge in [0, 0.05) is 12.3 Å². The number of carbonyl (C=O) groups is 1. The van der Waals surface area contributed by atoms with E-state index in [0.717, 1.165) is 36.3 Å². The smallest absolute Gasteiger partial charge is 0.266 e. The molecule has 0 aliphatic carbocycles. The highest BCUT2D eigenvalue weighted by atomic mass is 35.5. The molecular formula is C20H15ClN2O3S. The van der Waals surface area contributed by atoms with Crippen LogP contribution in [0.3, 0.4) is 0 Å². The van der Waals surface area contributed by atoms with Gasteiger partial charge >= 0.3 is 0 Å². The van der Waals surface area contributed by atoms with Crippen LogP contribution in [0.15, 0.2) is 41.3 Å². The fourth-order valence-electron chi connectivity index (χ4n) is 2.91. The zero-order chi connectivity index (χ0) is 18.8. The number of ether oxygens (including phenoxy) is 1. The van der Waals surface area contributed by atoms with Gasteiger partial charge in [0.15, 0.2) is 5.78 Å². The Hall–Kier alpha value is -2.70. The van der Waals surface area contributed by atoms with Gasteiger partial charge in [-0.3, -0.25) is 9.59 Å². The Balaban J connectivity index is 1.69. The average molecular weight is 399 g/mol. The Morgan fingerprint density at radius 1 is 1.33 bits per heavy atom. The summed E-state index contributed by atoms with van der Waals surface area (Å²) < 4.78 is 6.61. The second kappa shape index (κ2) is 7.50. The maximum absolute atomic E-state index is 12.4. The summed E-state index contributed by atoms with van der Waals surface area (Å²) in [6.45, 7) is 0.745. The van der Waals surface area contributed by atoms with Crippen LogP contribution in [-0.4, -0.2) is 22.4 Å². The summed E-state index contributed by atoms with van der Waals surface area (Å²) in [5.74, 6) is 0.606. The van der Waals surface area contributed by atoms with Crippen molar-refractivity contribution in [1.82, 2.24) is 9.97 Å². The van der Waals surface area contributed by atoms with Crippen LogP contribution < -0.4 is 19.5 Å². The molecule has 7 heteroatoms. The number of benzene rings is 1. The van der Waals surface area contributed by atoms with Gasteiger partial charge in [0.25, 0.3) is 5.56 Å². The minimum atomic E-state index is -0.303. The van der Waals surface area contributed by atoms with Gasteiger partial charge in [-0.05, 0) is 54.3 Å². The van der Waals surface area contributed by atoms with Crippen molar-refractivity contribution in [2.24, 2.45) is 0 Å². The lowest BCUT2D eigenvalue weighted by atomic mass is 10.0. The molecule has 0 atom stereocenters. The lowest BCUT2D eigenvalue weighted by molar-refractivity contribution is 0.106. The summed E-state index contributed by atoms with van der Waals surface area (Å²) in [6.07, 6.45) is 6.67. The van der Waals surface area contributed by atoms with E-state index < -0.39 is 0 Å². The number of Topliss-reactive ketones (excluding diaryl/α,β-unsaturated/α-hetero) is 1. The van der Waals surface area contributed by atoms with Crippen LogP contribution >= 0.6 is 22.9 Å². The molecule has 27 heavy (non-hydrogen) atoms. The van der Waals surface area contributed by atoms with Gasteiger partial charge in [0.1, 0.15) is 10.9 Å². The number of aromatic amines is 1. The number of aryl methyl sites for hydroxylation is 1. The summed E-state index contributed by atoms with van der Waals surface area (Å²) in [7, 11) is 0. The zero-order valence-electron chi connectivity index (χ0n) is 14.2. The van der Waals surface area contributed by atoms with Crippen LogP contribution in [-0.2, 0) is 6.42 Å². The van der Waals surface area contributed by atoms with E-state index in [9.17, 15) is 9.59 Å². The van der Waals surface area contributed by atoms with Crippen molar-refractivity contribution in [1.29, 1.82) is 0 Å². The van der Waals surface area contributed by atoms with Crippen LogP contribution in [0.2, 0.25) is 5.15 Å². The summed E-state index contributed by atoms with van der Waals surface area (Å²) in [6, 6.07) is 9.14. The number of thiazole rings is 1.